The molecule has 0 radical (unpaired) electrons. The van der Waals surface area contributed by atoms with Gasteiger partial charge in [-0.05, 0) is 53.4 Å². The van der Waals surface area contributed by atoms with E-state index in [0.717, 1.165) is 4.90 Å². The van der Waals surface area contributed by atoms with Crippen molar-refractivity contribution < 1.29 is 18.4 Å². The average molecular weight is 404 g/mol. The first kappa shape index (κ1) is 19.6. The molecule has 2 amide bonds. The van der Waals surface area contributed by atoms with Gasteiger partial charge in [0.1, 0.15) is 17.3 Å². The van der Waals surface area contributed by atoms with Gasteiger partial charge in [-0.25, -0.2) is 4.39 Å². The lowest BCUT2D eigenvalue weighted by Crippen LogP contribution is -2.31. The van der Waals surface area contributed by atoms with Gasteiger partial charge in [0.15, 0.2) is 0 Å². The van der Waals surface area contributed by atoms with Gasteiger partial charge in [-0.3, -0.25) is 14.5 Å². The summed E-state index contributed by atoms with van der Waals surface area (Å²) in [5, 5.41) is 3.10. The Labute approximate surface area is 173 Å². The molecule has 1 N–H and O–H groups in total. The third-order valence-electron chi connectivity index (χ3n) is 5.04. The van der Waals surface area contributed by atoms with Crippen molar-refractivity contribution in [2.24, 2.45) is 0 Å². The predicted molar refractivity (Wildman–Crippen MR) is 112 cm³/mol. The Balaban J connectivity index is 1.71. The molecule has 0 saturated heterocycles. The summed E-state index contributed by atoms with van der Waals surface area (Å²) in [7, 11) is 0. The lowest BCUT2D eigenvalue weighted by molar-refractivity contribution is -0.137. The Bertz CT molecular complexity index is 1100. The summed E-state index contributed by atoms with van der Waals surface area (Å²) in [5.41, 5.74) is 2.70. The zero-order valence-electron chi connectivity index (χ0n) is 16.7. The molecule has 0 fully saturated rings. The Hall–Kier alpha value is -3.67. The average Bonchev–Trinajstić information content (AvgIpc) is 3.32. The fourth-order valence-electron chi connectivity index (χ4n) is 3.37. The maximum absolute atomic E-state index is 13.4. The van der Waals surface area contributed by atoms with Crippen molar-refractivity contribution in [2.45, 2.75) is 26.3 Å². The van der Waals surface area contributed by atoms with Gasteiger partial charge in [-0.15, -0.1) is 0 Å². The van der Waals surface area contributed by atoms with Crippen LogP contribution >= 0.6 is 0 Å². The highest BCUT2D eigenvalue weighted by Gasteiger charge is 2.39. The van der Waals surface area contributed by atoms with Crippen molar-refractivity contribution in [2.75, 3.05) is 5.32 Å². The number of benzene rings is 2. The van der Waals surface area contributed by atoms with Crippen LogP contribution in [0.3, 0.4) is 0 Å². The van der Waals surface area contributed by atoms with Gasteiger partial charge in [-0.2, -0.15) is 0 Å². The number of halogens is 1. The number of imide groups is 1. The number of hydrogen-bond donors (Lipinski definition) is 1. The summed E-state index contributed by atoms with van der Waals surface area (Å²) in [5.74, 6) is -0.445. The maximum Gasteiger partial charge on any atom is 0.278 e. The molecule has 6 heteroatoms. The first-order valence-electron chi connectivity index (χ1n) is 9.70. The van der Waals surface area contributed by atoms with E-state index in [4.69, 9.17) is 4.42 Å². The van der Waals surface area contributed by atoms with Gasteiger partial charge >= 0.3 is 0 Å². The van der Waals surface area contributed by atoms with Crippen LogP contribution in [0.5, 0.6) is 0 Å². The summed E-state index contributed by atoms with van der Waals surface area (Å²) >= 11 is 0. The van der Waals surface area contributed by atoms with E-state index in [1.54, 1.807) is 12.1 Å². The molecule has 152 valence electrons. The van der Waals surface area contributed by atoms with E-state index >= 15 is 0 Å². The van der Waals surface area contributed by atoms with Gasteiger partial charge in [-0.1, -0.05) is 38.1 Å². The highest BCUT2D eigenvalue weighted by atomic mass is 19.1. The lowest BCUT2D eigenvalue weighted by atomic mass is 10.0. The van der Waals surface area contributed by atoms with Crippen LogP contribution in [0.1, 0.15) is 36.7 Å². The summed E-state index contributed by atoms with van der Waals surface area (Å²) in [4.78, 5) is 27.4. The topological polar surface area (TPSA) is 62.6 Å². The lowest BCUT2D eigenvalue weighted by Gasteiger charge is -2.14. The number of nitrogens with zero attached hydrogens (tertiary/aromatic N) is 1. The monoisotopic (exact) mass is 404 g/mol. The highest BCUT2D eigenvalue weighted by molar-refractivity contribution is 6.36. The molecule has 0 aliphatic carbocycles. The van der Waals surface area contributed by atoms with Crippen molar-refractivity contribution in [3.05, 3.63) is 95.3 Å². The summed E-state index contributed by atoms with van der Waals surface area (Å²) in [6.45, 7) is 4.22. The SMILES string of the molecule is CC(C)c1ccc(NC2=C(c3ccc(F)cc3)C(=O)N(Cc3ccco3)C2=O)cc1. The second-order valence-electron chi connectivity index (χ2n) is 7.43. The summed E-state index contributed by atoms with van der Waals surface area (Å²) in [6, 6.07) is 16.6. The maximum atomic E-state index is 13.4. The smallest absolute Gasteiger partial charge is 0.278 e. The third kappa shape index (κ3) is 3.76. The van der Waals surface area contributed by atoms with Crippen molar-refractivity contribution >= 4 is 23.1 Å². The number of amides is 2. The number of furan rings is 1. The van der Waals surface area contributed by atoms with Crippen molar-refractivity contribution in [1.29, 1.82) is 0 Å². The van der Waals surface area contributed by atoms with Crippen molar-refractivity contribution in [3.63, 3.8) is 0 Å². The van der Waals surface area contributed by atoms with Crippen molar-refractivity contribution in [3.8, 4) is 0 Å². The first-order valence-corrected chi connectivity index (χ1v) is 9.70. The molecule has 2 heterocycles. The van der Waals surface area contributed by atoms with Crippen LogP contribution in [-0.2, 0) is 16.1 Å². The minimum Gasteiger partial charge on any atom is -0.467 e. The summed E-state index contributed by atoms with van der Waals surface area (Å²) in [6.07, 6.45) is 1.49. The van der Waals surface area contributed by atoms with E-state index in [-0.39, 0.29) is 17.8 Å². The molecule has 3 aromatic rings. The number of anilines is 1. The van der Waals surface area contributed by atoms with Crippen LogP contribution in [-0.4, -0.2) is 16.7 Å². The molecular weight excluding hydrogens is 383 g/mol. The third-order valence-corrected chi connectivity index (χ3v) is 5.04. The molecule has 30 heavy (non-hydrogen) atoms. The summed E-state index contributed by atoms with van der Waals surface area (Å²) < 4.78 is 18.7. The van der Waals surface area contributed by atoms with E-state index < -0.39 is 17.6 Å². The minimum absolute atomic E-state index is 0.0207. The molecule has 1 aromatic heterocycles. The molecule has 1 aliphatic rings. The zero-order chi connectivity index (χ0) is 21.3. The van der Waals surface area contributed by atoms with Crippen LogP contribution in [0.2, 0.25) is 0 Å². The fourth-order valence-corrected chi connectivity index (χ4v) is 3.37. The number of nitrogens with one attached hydrogen (secondary N) is 1. The Morgan fingerprint density at radius 3 is 2.27 bits per heavy atom. The van der Waals surface area contributed by atoms with Crippen LogP contribution in [0.15, 0.2) is 77.0 Å². The molecule has 0 atom stereocenters. The first-order chi connectivity index (χ1) is 14.4. The van der Waals surface area contributed by atoms with Gasteiger partial charge in [0.25, 0.3) is 11.8 Å². The quantitative estimate of drug-likeness (QED) is 0.592. The van der Waals surface area contributed by atoms with E-state index in [9.17, 15) is 14.0 Å². The largest absolute Gasteiger partial charge is 0.467 e. The van der Waals surface area contributed by atoms with E-state index in [2.05, 4.69) is 19.2 Å². The molecule has 4 rings (SSSR count). The normalized spacial score (nSPS) is 14.2. The number of rotatable bonds is 6. The molecule has 0 bridgehead atoms. The molecular formula is C24H21FN2O3. The molecule has 0 spiro atoms. The standard InChI is InChI=1S/C24H21FN2O3/c1-15(2)16-7-11-19(12-8-16)26-22-21(17-5-9-18(25)10-6-17)23(28)27(24(22)29)14-20-4-3-13-30-20/h3-13,15,26H,14H2,1-2H3. The molecule has 0 unspecified atom stereocenters. The van der Waals surface area contributed by atoms with Crippen LogP contribution < -0.4 is 5.32 Å². The predicted octanol–water partition coefficient (Wildman–Crippen LogP) is 4.93. The van der Waals surface area contributed by atoms with Crippen LogP contribution in [0, 0.1) is 5.82 Å². The van der Waals surface area contributed by atoms with Crippen molar-refractivity contribution in [1.82, 2.24) is 4.90 Å². The van der Waals surface area contributed by atoms with Crippen LogP contribution in [0.25, 0.3) is 5.57 Å². The Morgan fingerprint density at radius 2 is 1.67 bits per heavy atom. The van der Waals surface area contributed by atoms with Gasteiger partial charge < -0.3 is 9.73 Å². The Morgan fingerprint density at radius 1 is 0.967 bits per heavy atom. The Kier molecular flexibility index (Phi) is 5.23. The number of carbonyl (C=O) groups excluding carboxylic acids is 2. The zero-order valence-corrected chi connectivity index (χ0v) is 16.7. The van der Waals surface area contributed by atoms with Gasteiger partial charge in [0, 0.05) is 5.69 Å². The minimum atomic E-state index is -0.455. The second-order valence-corrected chi connectivity index (χ2v) is 7.43. The van der Waals surface area contributed by atoms with E-state index in [1.165, 1.54) is 36.1 Å². The number of carbonyl (C=O) groups is 2. The van der Waals surface area contributed by atoms with Crippen LogP contribution in [0.4, 0.5) is 10.1 Å². The molecule has 2 aromatic carbocycles. The second kappa shape index (κ2) is 7.99. The van der Waals surface area contributed by atoms with Gasteiger partial charge in [0.05, 0.1) is 18.4 Å². The molecule has 0 saturated carbocycles. The number of hydrogen-bond acceptors (Lipinski definition) is 4. The van der Waals surface area contributed by atoms with E-state index in [1.807, 2.05) is 24.3 Å². The molecule has 5 nitrogen and oxygen atoms in total. The highest BCUT2D eigenvalue weighted by Crippen LogP contribution is 2.32. The fraction of sp³-hybridized carbons (Fsp3) is 0.167. The van der Waals surface area contributed by atoms with Gasteiger partial charge in [0.2, 0.25) is 0 Å². The molecule has 1 aliphatic heterocycles. The van der Waals surface area contributed by atoms with E-state index in [0.29, 0.717) is 22.9 Å².